The van der Waals surface area contributed by atoms with Gasteiger partial charge in [-0.2, -0.15) is 0 Å². The van der Waals surface area contributed by atoms with Gasteiger partial charge in [0.2, 0.25) is 5.91 Å². The van der Waals surface area contributed by atoms with Crippen LogP contribution < -0.4 is 4.90 Å². The molecule has 1 fully saturated rings. The molecule has 0 saturated carbocycles. The number of anilines is 1. The van der Waals surface area contributed by atoms with Crippen molar-refractivity contribution in [1.29, 1.82) is 0 Å². The van der Waals surface area contributed by atoms with E-state index in [0.29, 0.717) is 43.4 Å². The molecule has 0 radical (unpaired) electrons. The molecule has 4 aromatic rings. The van der Waals surface area contributed by atoms with Crippen LogP contribution in [-0.2, 0) is 11.3 Å². The van der Waals surface area contributed by atoms with Crippen LogP contribution in [0.25, 0.3) is 22.4 Å². The Morgan fingerprint density at radius 2 is 1.90 bits per heavy atom. The number of nitrogens with zero attached hydrogens (tertiary/aromatic N) is 5. The number of aromatic nitrogens is 3. The fourth-order valence-corrected chi connectivity index (χ4v) is 3.98. The van der Waals surface area contributed by atoms with Gasteiger partial charge < -0.3 is 18.8 Å². The van der Waals surface area contributed by atoms with Crippen LogP contribution in [0.15, 0.2) is 59.4 Å². The van der Waals surface area contributed by atoms with Crippen molar-refractivity contribution >= 4 is 22.6 Å². The SMILES string of the molecule is Cc1ncc(-c2ccc(N3CCN(C(=O)Cn4cnc5ccccc54)CC3)cc2F)o1. The molecule has 1 amide bonds. The molecule has 1 aliphatic heterocycles. The maximum atomic E-state index is 14.7. The molecule has 0 aliphatic carbocycles. The molecule has 0 spiro atoms. The average Bonchev–Trinajstić information content (AvgIpc) is 3.40. The lowest BCUT2D eigenvalue weighted by molar-refractivity contribution is -0.132. The van der Waals surface area contributed by atoms with Gasteiger partial charge in [-0.15, -0.1) is 0 Å². The van der Waals surface area contributed by atoms with Gasteiger partial charge >= 0.3 is 0 Å². The lowest BCUT2D eigenvalue weighted by Gasteiger charge is -2.36. The van der Waals surface area contributed by atoms with E-state index in [0.717, 1.165) is 16.7 Å². The first-order chi connectivity index (χ1) is 15.1. The van der Waals surface area contributed by atoms with Crippen LogP contribution >= 0.6 is 0 Å². The molecular formula is C23H22FN5O2. The topological polar surface area (TPSA) is 67.4 Å². The lowest BCUT2D eigenvalue weighted by Crippen LogP contribution is -2.49. The first-order valence-electron chi connectivity index (χ1n) is 10.2. The zero-order chi connectivity index (χ0) is 21.4. The highest BCUT2D eigenvalue weighted by molar-refractivity contribution is 5.80. The zero-order valence-electron chi connectivity index (χ0n) is 17.2. The number of aryl methyl sites for hydroxylation is 1. The first kappa shape index (κ1) is 19.3. The Morgan fingerprint density at radius 3 is 2.65 bits per heavy atom. The number of carbonyl (C=O) groups excluding carboxylic acids is 1. The second-order valence-corrected chi connectivity index (χ2v) is 7.64. The van der Waals surface area contributed by atoms with Gasteiger partial charge in [0.25, 0.3) is 0 Å². The number of fused-ring (bicyclic) bond motifs is 1. The maximum Gasteiger partial charge on any atom is 0.242 e. The Morgan fingerprint density at radius 1 is 1.10 bits per heavy atom. The number of benzene rings is 2. The molecule has 158 valence electrons. The fraction of sp³-hybridized carbons (Fsp3) is 0.261. The Kier molecular flexibility index (Phi) is 4.89. The summed E-state index contributed by atoms with van der Waals surface area (Å²) in [6.45, 7) is 4.48. The summed E-state index contributed by atoms with van der Waals surface area (Å²) in [5.74, 6) is 0.635. The van der Waals surface area contributed by atoms with Gasteiger partial charge in [-0.05, 0) is 30.3 Å². The molecular weight excluding hydrogens is 397 g/mol. The molecule has 2 aromatic heterocycles. The second kappa shape index (κ2) is 7.86. The summed E-state index contributed by atoms with van der Waals surface area (Å²) in [6, 6.07) is 12.9. The van der Waals surface area contributed by atoms with E-state index in [9.17, 15) is 9.18 Å². The molecule has 1 aliphatic rings. The van der Waals surface area contributed by atoms with Crippen LogP contribution in [0.5, 0.6) is 0 Å². The number of oxazole rings is 1. The summed E-state index contributed by atoms with van der Waals surface area (Å²) in [6.07, 6.45) is 3.24. The van der Waals surface area contributed by atoms with Crippen molar-refractivity contribution in [2.45, 2.75) is 13.5 Å². The van der Waals surface area contributed by atoms with Crippen molar-refractivity contribution < 1.29 is 13.6 Å². The van der Waals surface area contributed by atoms with Crippen LogP contribution in [0, 0.1) is 12.7 Å². The third kappa shape index (κ3) is 3.76. The van der Waals surface area contributed by atoms with Crippen molar-refractivity contribution in [3.8, 4) is 11.3 Å². The molecule has 0 bridgehead atoms. The molecule has 3 heterocycles. The van der Waals surface area contributed by atoms with E-state index < -0.39 is 0 Å². The van der Waals surface area contributed by atoms with E-state index in [2.05, 4.69) is 14.9 Å². The van der Waals surface area contributed by atoms with Gasteiger partial charge in [-0.3, -0.25) is 4.79 Å². The largest absolute Gasteiger partial charge is 0.441 e. The van der Waals surface area contributed by atoms with Gasteiger partial charge in [-0.1, -0.05) is 12.1 Å². The highest BCUT2D eigenvalue weighted by Gasteiger charge is 2.23. The van der Waals surface area contributed by atoms with Crippen molar-refractivity contribution in [2.75, 3.05) is 31.1 Å². The molecule has 2 aromatic carbocycles. The average molecular weight is 419 g/mol. The summed E-state index contributed by atoms with van der Waals surface area (Å²) in [5, 5.41) is 0. The summed E-state index contributed by atoms with van der Waals surface area (Å²) in [5.41, 5.74) is 3.02. The standard InChI is InChI=1S/C23H22FN5O2/c1-16-25-13-22(31-16)18-7-6-17(12-19(18)24)27-8-10-28(11-9-27)23(30)14-29-15-26-20-4-2-3-5-21(20)29/h2-7,12-13,15H,8-11,14H2,1H3. The van der Waals surface area contributed by atoms with Crippen molar-refractivity contribution in [1.82, 2.24) is 19.4 Å². The summed E-state index contributed by atoms with van der Waals surface area (Å²) < 4.78 is 22.0. The molecule has 0 unspecified atom stereocenters. The first-order valence-corrected chi connectivity index (χ1v) is 10.2. The van der Waals surface area contributed by atoms with Crippen LogP contribution in [0.2, 0.25) is 0 Å². The smallest absolute Gasteiger partial charge is 0.242 e. The van der Waals surface area contributed by atoms with Crippen molar-refractivity contribution in [3.63, 3.8) is 0 Å². The number of para-hydroxylation sites is 2. The van der Waals surface area contributed by atoms with Crippen LogP contribution in [0.4, 0.5) is 10.1 Å². The maximum absolute atomic E-state index is 14.7. The van der Waals surface area contributed by atoms with Crippen LogP contribution in [0.1, 0.15) is 5.89 Å². The van der Waals surface area contributed by atoms with E-state index in [4.69, 9.17) is 4.42 Å². The Balaban J connectivity index is 1.23. The van der Waals surface area contributed by atoms with Crippen LogP contribution in [-0.4, -0.2) is 51.5 Å². The summed E-state index contributed by atoms with van der Waals surface area (Å²) >= 11 is 0. The monoisotopic (exact) mass is 419 g/mol. The minimum Gasteiger partial charge on any atom is -0.441 e. The number of halogens is 1. The number of hydrogen-bond donors (Lipinski definition) is 0. The molecule has 5 rings (SSSR count). The molecule has 0 atom stereocenters. The van der Waals surface area contributed by atoms with Crippen LogP contribution in [0.3, 0.4) is 0 Å². The van der Waals surface area contributed by atoms with Crippen molar-refractivity contribution in [2.24, 2.45) is 0 Å². The number of hydrogen-bond acceptors (Lipinski definition) is 5. The van der Waals surface area contributed by atoms with E-state index >= 15 is 0 Å². The zero-order valence-corrected chi connectivity index (χ0v) is 17.2. The number of rotatable bonds is 4. The molecule has 7 nitrogen and oxygen atoms in total. The molecule has 31 heavy (non-hydrogen) atoms. The van der Waals surface area contributed by atoms with Gasteiger partial charge in [-0.25, -0.2) is 14.4 Å². The Hall–Kier alpha value is -3.68. The van der Waals surface area contributed by atoms with E-state index in [1.54, 1.807) is 19.3 Å². The number of carbonyl (C=O) groups is 1. The lowest BCUT2D eigenvalue weighted by atomic mass is 10.1. The summed E-state index contributed by atoms with van der Waals surface area (Å²) in [4.78, 5) is 25.1. The number of imidazole rings is 1. The molecule has 8 heteroatoms. The second-order valence-electron chi connectivity index (χ2n) is 7.64. The van der Waals surface area contributed by atoms with E-state index in [-0.39, 0.29) is 18.3 Å². The fourth-order valence-electron chi connectivity index (χ4n) is 3.98. The third-order valence-electron chi connectivity index (χ3n) is 5.67. The minimum atomic E-state index is -0.348. The summed E-state index contributed by atoms with van der Waals surface area (Å²) in [7, 11) is 0. The normalized spacial score (nSPS) is 14.4. The van der Waals surface area contributed by atoms with E-state index in [1.807, 2.05) is 39.8 Å². The Bertz CT molecular complexity index is 1240. The van der Waals surface area contributed by atoms with Crippen molar-refractivity contribution in [3.05, 3.63) is 66.7 Å². The third-order valence-corrected chi connectivity index (χ3v) is 5.67. The highest BCUT2D eigenvalue weighted by Crippen LogP contribution is 2.28. The Labute approximate surface area is 178 Å². The minimum absolute atomic E-state index is 0.0602. The van der Waals surface area contributed by atoms with Gasteiger partial charge in [0.15, 0.2) is 11.7 Å². The number of piperazine rings is 1. The predicted molar refractivity (Wildman–Crippen MR) is 115 cm³/mol. The highest BCUT2D eigenvalue weighted by atomic mass is 19.1. The quantitative estimate of drug-likeness (QED) is 0.507. The van der Waals surface area contributed by atoms with Gasteiger partial charge in [0.1, 0.15) is 12.4 Å². The van der Waals surface area contributed by atoms with Gasteiger partial charge in [0, 0.05) is 38.8 Å². The predicted octanol–water partition coefficient (Wildman–Crippen LogP) is 3.49. The number of amides is 1. The van der Waals surface area contributed by atoms with E-state index in [1.165, 1.54) is 12.3 Å². The van der Waals surface area contributed by atoms with Gasteiger partial charge in [0.05, 0.1) is 29.1 Å². The molecule has 0 N–H and O–H groups in total. The molecule has 1 saturated heterocycles.